The van der Waals surface area contributed by atoms with Gasteiger partial charge in [-0.1, -0.05) is 11.6 Å². The quantitative estimate of drug-likeness (QED) is 0.508. The summed E-state index contributed by atoms with van der Waals surface area (Å²) in [4.78, 5) is 12.7. The molecule has 0 atom stereocenters. The van der Waals surface area contributed by atoms with Gasteiger partial charge in [0, 0.05) is 34.5 Å². The molecule has 30 heavy (non-hydrogen) atoms. The number of aromatic nitrogens is 3. The Balaban J connectivity index is 1.54. The van der Waals surface area contributed by atoms with Crippen LogP contribution in [0.1, 0.15) is 15.9 Å². The Morgan fingerprint density at radius 2 is 1.83 bits per heavy atom. The fraction of sp³-hybridized carbons (Fsp3) is 0.136. The molecule has 4 rings (SSSR count). The van der Waals surface area contributed by atoms with Gasteiger partial charge in [-0.3, -0.25) is 9.20 Å². The molecule has 8 heteroatoms. The molecule has 1 amide bonds. The molecular formula is C22H19ClN4O3. The zero-order chi connectivity index (χ0) is 21.1. The Labute approximate surface area is 178 Å². The molecule has 7 nitrogen and oxygen atoms in total. The van der Waals surface area contributed by atoms with Crippen molar-refractivity contribution in [1.29, 1.82) is 0 Å². The summed E-state index contributed by atoms with van der Waals surface area (Å²) in [5.41, 5.74) is 2.76. The lowest BCUT2D eigenvalue weighted by molar-refractivity contribution is 0.0950. The number of carbonyl (C=O) groups excluding carboxylic acids is 1. The van der Waals surface area contributed by atoms with Gasteiger partial charge in [-0.15, -0.1) is 10.2 Å². The van der Waals surface area contributed by atoms with Crippen LogP contribution in [0.2, 0.25) is 5.02 Å². The van der Waals surface area contributed by atoms with Crippen LogP contribution in [0.3, 0.4) is 0 Å². The van der Waals surface area contributed by atoms with Crippen LogP contribution < -0.4 is 14.8 Å². The molecule has 0 fully saturated rings. The number of methoxy groups -OCH3 is 2. The van der Waals surface area contributed by atoms with E-state index in [9.17, 15) is 4.79 Å². The van der Waals surface area contributed by atoms with Gasteiger partial charge in [0.05, 0.1) is 14.2 Å². The summed E-state index contributed by atoms with van der Waals surface area (Å²) in [5.74, 6) is 1.82. The van der Waals surface area contributed by atoms with Crippen LogP contribution >= 0.6 is 11.6 Å². The number of ether oxygens (including phenoxy) is 2. The first kappa shape index (κ1) is 19.7. The molecule has 2 aromatic heterocycles. The van der Waals surface area contributed by atoms with Gasteiger partial charge in [0.25, 0.3) is 5.91 Å². The molecule has 4 aromatic rings. The predicted molar refractivity (Wildman–Crippen MR) is 114 cm³/mol. The van der Waals surface area contributed by atoms with Crippen molar-refractivity contribution in [2.75, 3.05) is 14.2 Å². The van der Waals surface area contributed by atoms with Crippen LogP contribution in [-0.2, 0) is 6.54 Å². The largest absolute Gasteiger partial charge is 0.497 e. The van der Waals surface area contributed by atoms with E-state index in [-0.39, 0.29) is 5.91 Å². The molecular weight excluding hydrogens is 404 g/mol. The number of nitrogens with one attached hydrogen (secondary N) is 1. The number of carbonyl (C=O) groups is 1. The summed E-state index contributed by atoms with van der Waals surface area (Å²) in [7, 11) is 3.18. The summed E-state index contributed by atoms with van der Waals surface area (Å²) in [6, 6.07) is 16.2. The Bertz CT molecular complexity index is 1200. The maximum Gasteiger partial charge on any atom is 0.251 e. The maximum atomic E-state index is 12.7. The molecule has 2 heterocycles. The Morgan fingerprint density at radius 1 is 1.03 bits per heavy atom. The highest BCUT2D eigenvalue weighted by Gasteiger charge is 2.13. The lowest BCUT2D eigenvalue weighted by Gasteiger charge is -2.11. The van der Waals surface area contributed by atoms with E-state index in [1.807, 2.05) is 28.7 Å². The van der Waals surface area contributed by atoms with E-state index in [1.165, 1.54) is 0 Å². The second-order valence-corrected chi connectivity index (χ2v) is 6.97. The van der Waals surface area contributed by atoms with Crippen molar-refractivity contribution in [3.05, 3.63) is 76.9 Å². The Kier molecular flexibility index (Phi) is 5.54. The lowest BCUT2D eigenvalue weighted by Crippen LogP contribution is -2.23. The van der Waals surface area contributed by atoms with Gasteiger partial charge in [0.1, 0.15) is 11.5 Å². The molecule has 152 valence electrons. The smallest absolute Gasteiger partial charge is 0.251 e. The fourth-order valence-electron chi connectivity index (χ4n) is 3.13. The molecule has 0 aliphatic carbocycles. The highest BCUT2D eigenvalue weighted by Crippen LogP contribution is 2.24. The van der Waals surface area contributed by atoms with Crippen LogP contribution in [0.15, 0.2) is 60.8 Å². The predicted octanol–water partition coefficient (Wildman–Crippen LogP) is 4.00. The second kappa shape index (κ2) is 8.42. The lowest BCUT2D eigenvalue weighted by atomic mass is 10.1. The third kappa shape index (κ3) is 3.92. The molecule has 0 spiro atoms. The highest BCUT2D eigenvalue weighted by atomic mass is 35.5. The van der Waals surface area contributed by atoms with Crippen LogP contribution in [0, 0.1) is 0 Å². The van der Waals surface area contributed by atoms with Crippen molar-refractivity contribution >= 4 is 23.2 Å². The number of fused-ring (bicyclic) bond motifs is 1. The molecule has 0 radical (unpaired) electrons. The normalized spacial score (nSPS) is 10.8. The molecule has 0 aliphatic heterocycles. The van der Waals surface area contributed by atoms with Crippen molar-refractivity contribution in [3.8, 4) is 22.9 Å². The molecule has 2 aromatic carbocycles. The maximum absolute atomic E-state index is 12.7. The topological polar surface area (TPSA) is 77.8 Å². The number of hydrogen-bond acceptors (Lipinski definition) is 5. The van der Waals surface area contributed by atoms with Gasteiger partial charge >= 0.3 is 0 Å². The van der Waals surface area contributed by atoms with Gasteiger partial charge in [-0.2, -0.15) is 0 Å². The van der Waals surface area contributed by atoms with E-state index in [2.05, 4.69) is 15.5 Å². The van der Waals surface area contributed by atoms with Crippen molar-refractivity contribution in [2.24, 2.45) is 0 Å². The van der Waals surface area contributed by atoms with E-state index >= 15 is 0 Å². The first-order chi connectivity index (χ1) is 14.6. The minimum absolute atomic E-state index is 0.224. The van der Waals surface area contributed by atoms with Gasteiger partial charge in [-0.05, 0) is 54.6 Å². The van der Waals surface area contributed by atoms with Gasteiger partial charge in [0.15, 0.2) is 11.5 Å². The van der Waals surface area contributed by atoms with Gasteiger partial charge < -0.3 is 14.8 Å². The fourth-order valence-corrected chi connectivity index (χ4v) is 3.25. The summed E-state index contributed by atoms with van der Waals surface area (Å²) in [5, 5.41) is 12.0. The monoisotopic (exact) mass is 422 g/mol. The number of amides is 1. The molecule has 0 aliphatic rings. The molecule has 0 saturated carbocycles. The molecule has 0 unspecified atom stereocenters. The van der Waals surface area contributed by atoms with Crippen LogP contribution in [0.4, 0.5) is 0 Å². The summed E-state index contributed by atoms with van der Waals surface area (Å²) in [6.45, 7) is 0.299. The minimum Gasteiger partial charge on any atom is -0.497 e. The average Bonchev–Trinajstić information content (AvgIpc) is 3.21. The zero-order valence-electron chi connectivity index (χ0n) is 16.4. The standard InChI is InChI=1S/C22H19ClN4O3/c1-29-18-7-8-19(30-2)16(11-18)13-24-22(28)15-9-10-27-20(12-15)25-26-21(27)14-3-5-17(23)6-4-14/h3-12H,13H2,1-2H3,(H,24,28). The van der Waals surface area contributed by atoms with E-state index in [1.54, 1.807) is 50.7 Å². The third-order valence-corrected chi connectivity index (χ3v) is 4.95. The SMILES string of the molecule is COc1ccc(OC)c(CNC(=O)c2ccn3c(-c4ccc(Cl)cc4)nnc3c2)c1. The Hall–Kier alpha value is -3.58. The average molecular weight is 423 g/mol. The van der Waals surface area contributed by atoms with Crippen molar-refractivity contribution in [2.45, 2.75) is 6.54 Å². The first-order valence-electron chi connectivity index (χ1n) is 9.19. The molecule has 0 saturated heterocycles. The van der Waals surface area contributed by atoms with E-state index in [4.69, 9.17) is 21.1 Å². The second-order valence-electron chi connectivity index (χ2n) is 6.53. The van der Waals surface area contributed by atoms with Crippen LogP contribution in [-0.4, -0.2) is 34.7 Å². The molecule has 1 N–H and O–H groups in total. The summed E-state index contributed by atoms with van der Waals surface area (Å²) >= 11 is 5.95. The number of hydrogen-bond donors (Lipinski definition) is 1. The number of pyridine rings is 1. The number of rotatable bonds is 6. The number of benzene rings is 2. The Morgan fingerprint density at radius 3 is 2.57 bits per heavy atom. The first-order valence-corrected chi connectivity index (χ1v) is 9.56. The number of nitrogens with zero attached hydrogens (tertiary/aromatic N) is 3. The van der Waals surface area contributed by atoms with Gasteiger partial charge in [0.2, 0.25) is 0 Å². The van der Waals surface area contributed by atoms with Gasteiger partial charge in [-0.25, -0.2) is 0 Å². The van der Waals surface area contributed by atoms with Crippen molar-refractivity contribution < 1.29 is 14.3 Å². The summed E-state index contributed by atoms with van der Waals surface area (Å²) < 4.78 is 12.4. The van der Waals surface area contributed by atoms with E-state index in [0.29, 0.717) is 40.1 Å². The molecule has 0 bridgehead atoms. The minimum atomic E-state index is -0.224. The van der Waals surface area contributed by atoms with Crippen LogP contribution in [0.25, 0.3) is 17.0 Å². The number of halogens is 1. The van der Waals surface area contributed by atoms with Crippen molar-refractivity contribution in [3.63, 3.8) is 0 Å². The third-order valence-electron chi connectivity index (χ3n) is 4.70. The highest BCUT2D eigenvalue weighted by molar-refractivity contribution is 6.30. The van der Waals surface area contributed by atoms with Crippen LogP contribution in [0.5, 0.6) is 11.5 Å². The zero-order valence-corrected chi connectivity index (χ0v) is 17.2. The van der Waals surface area contributed by atoms with Crippen molar-refractivity contribution in [1.82, 2.24) is 19.9 Å². The van der Waals surface area contributed by atoms with E-state index in [0.717, 1.165) is 11.1 Å². The summed E-state index contributed by atoms with van der Waals surface area (Å²) in [6.07, 6.45) is 1.78. The van der Waals surface area contributed by atoms with E-state index < -0.39 is 0 Å².